The number of benzene rings is 2. The van der Waals surface area contributed by atoms with Crippen LogP contribution in [0.4, 0.5) is 4.39 Å². The fourth-order valence-corrected chi connectivity index (χ4v) is 4.47. The maximum atomic E-state index is 14.1. The predicted molar refractivity (Wildman–Crippen MR) is 107 cm³/mol. The molecule has 3 rings (SSSR count). The first-order chi connectivity index (χ1) is 13.8. The molecule has 0 aliphatic heterocycles. The van der Waals surface area contributed by atoms with Crippen LogP contribution in [0.5, 0.6) is 0 Å². The van der Waals surface area contributed by atoms with Crippen molar-refractivity contribution >= 4 is 10.0 Å². The number of hydrogen-bond acceptors (Lipinski definition) is 4. The first kappa shape index (κ1) is 20.7. The largest absolute Gasteiger partial charge is 0.325 e. The highest BCUT2D eigenvalue weighted by molar-refractivity contribution is 7.89. The van der Waals surface area contributed by atoms with Gasteiger partial charge in [-0.05, 0) is 30.5 Å². The van der Waals surface area contributed by atoms with E-state index < -0.39 is 26.2 Å². The standard InChI is InChI=1S/C20H20FN3O4S/c1-13-18(19(25)24-20(26)23-13)29(27,28)22-12-16(14-7-3-2-4-8-14)11-15-9-5-6-10-17(15)21/h2-10,16,22H,11-12H2,1H3,(H2,23,24,25,26)/t16-/m1/s1. The van der Waals surface area contributed by atoms with Crippen LogP contribution in [0.1, 0.15) is 22.7 Å². The molecule has 0 saturated heterocycles. The van der Waals surface area contributed by atoms with E-state index in [2.05, 4.69) is 9.71 Å². The second kappa shape index (κ2) is 8.54. The molecular formula is C20H20FN3O4S. The molecule has 0 aliphatic rings. The minimum Gasteiger partial charge on any atom is -0.310 e. The van der Waals surface area contributed by atoms with E-state index >= 15 is 0 Å². The Balaban J connectivity index is 1.90. The third-order valence-corrected chi connectivity index (χ3v) is 6.13. The highest BCUT2D eigenvalue weighted by Crippen LogP contribution is 2.22. The van der Waals surface area contributed by atoms with Gasteiger partial charge < -0.3 is 4.98 Å². The highest BCUT2D eigenvalue weighted by Gasteiger charge is 2.24. The topological polar surface area (TPSA) is 112 Å². The van der Waals surface area contributed by atoms with Gasteiger partial charge in [0.15, 0.2) is 4.90 Å². The SMILES string of the molecule is Cc1[nH]c(=O)[nH]c(=O)c1S(=O)(=O)NC[C@@H](Cc1ccccc1F)c1ccccc1. The molecule has 1 aromatic heterocycles. The van der Waals surface area contributed by atoms with Crippen LogP contribution in [0.25, 0.3) is 0 Å². The van der Waals surface area contributed by atoms with Crippen LogP contribution in [-0.2, 0) is 16.4 Å². The number of rotatable bonds is 7. The molecule has 0 amide bonds. The minimum atomic E-state index is -4.20. The Kier molecular flexibility index (Phi) is 6.09. The quantitative estimate of drug-likeness (QED) is 0.544. The molecule has 0 unspecified atom stereocenters. The monoisotopic (exact) mass is 417 g/mol. The van der Waals surface area contributed by atoms with Crippen molar-refractivity contribution in [2.75, 3.05) is 6.54 Å². The molecule has 2 aromatic carbocycles. The fourth-order valence-electron chi connectivity index (χ4n) is 3.16. The lowest BCUT2D eigenvalue weighted by molar-refractivity contribution is 0.558. The number of nitrogens with one attached hydrogen (secondary N) is 3. The molecule has 0 aliphatic carbocycles. The van der Waals surface area contributed by atoms with Crippen LogP contribution in [0.3, 0.4) is 0 Å². The van der Waals surface area contributed by atoms with Crippen molar-refractivity contribution in [3.05, 3.63) is 98.1 Å². The summed E-state index contributed by atoms with van der Waals surface area (Å²) in [4.78, 5) is 27.0. The third kappa shape index (κ3) is 4.87. The van der Waals surface area contributed by atoms with Crippen molar-refractivity contribution in [3.63, 3.8) is 0 Å². The zero-order chi connectivity index (χ0) is 21.0. The van der Waals surface area contributed by atoms with Gasteiger partial charge in [0.25, 0.3) is 5.56 Å². The summed E-state index contributed by atoms with van der Waals surface area (Å²) in [6.45, 7) is 1.28. The van der Waals surface area contributed by atoms with Crippen LogP contribution >= 0.6 is 0 Å². The van der Waals surface area contributed by atoms with E-state index in [-0.39, 0.29) is 30.4 Å². The van der Waals surface area contributed by atoms with Crippen LogP contribution in [0, 0.1) is 12.7 Å². The molecule has 152 valence electrons. The maximum Gasteiger partial charge on any atom is 0.325 e. The maximum absolute atomic E-state index is 14.1. The van der Waals surface area contributed by atoms with Gasteiger partial charge in [-0.25, -0.2) is 22.3 Å². The molecule has 0 saturated carbocycles. The Morgan fingerprint density at radius 3 is 2.31 bits per heavy atom. The average molecular weight is 417 g/mol. The number of H-pyrrole nitrogens is 2. The normalized spacial score (nSPS) is 12.6. The van der Waals surface area contributed by atoms with E-state index in [9.17, 15) is 22.4 Å². The summed E-state index contributed by atoms with van der Waals surface area (Å²) in [5, 5.41) is 0. The van der Waals surface area contributed by atoms with Gasteiger partial charge in [0.2, 0.25) is 10.0 Å². The van der Waals surface area contributed by atoms with E-state index in [1.54, 1.807) is 18.2 Å². The van der Waals surface area contributed by atoms with Gasteiger partial charge in [-0.3, -0.25) is 9.78 Å². The summed E-state index contributed by atoms with van der Waals surface area (Å²) in [5.74, 6) is -0.741. The van der Waals surface area contributed by atoms with Crippen molar-refractivity contribution < 1.29 is 12.8 Å². The molecule has 3 aromatic rings. The van der Waals surface area contributed by atoms with Crippen molar-refractivity contribution in [3.8, 4) is 0 Å². The highest BCUT2D eigenvalue weighted by atomic mass is 32.2. The Bertz CT molecular complexity index is 1220. The number of aromatic amines is 2. The Hall–Kier alpha value is -3.04. The molecular weight excluding hydrogens is 397 g/mol. The second-order valence-electron chi connectivity index (χ2n) is 6.62. The van der Waals surface area contributed by atoms with E-state index in [0.717, 1.165) is 5.56 Å². The van der Waals surface area contributed by atoms with Crippen LogP contribution < -0.4 is 16.0 Å². The summed E-state index contributed by atoms with van der Waals surface area (Å²) < 4.78 is 42.0. The summed E-state index contributed by atoms with van der Waals surface area (Å²) in [6, 6.07) is 15.4. The van der Waals surface area contributed by atoms with E-state index in [1.165, 1.54) is 13.0 Å². The van der Waals surface area contributed by atoms with Gasteiger partial charge in [0.1, 0.15) is 5.82 Å². The molecule has 0 spiro atoms. The number of sulfonamides is 1. The first-order valence-corrected chi connectivity index (χ1v) is 10.4. The average Bonchev–Trinajstić information content (AvgIpc) is 2.66. The molecule has 0 fully saturated rings. The first-order valence-electron chi connectivity index (χ1n) is 8.89. The molecule has 0 bridgehead atoms. The summed E-state index contributed by atoms with van der Waals surface area (Å²) in [6.07, 6.45) is 0.264. The molecule has 7 nitrogen and oxygen atoms in total. The fraction of sp³-hybridized carbons (Fsp3) is 0.200. The number of aromatic nitrogens is 2. The zero-order valence-corrected chi connectivity index (χ0v) is 16.4. The van der Waals surface area contributed by atoms with Gasteiger partial charge in [-0.15, -0.1) is 0 Å². The van der Waals surface area contributed by atoms with Gasteiger partial charge in [0, 0.05) is 18.2 Å². The number of aryl methyl sites for hydroxylation is 1. The third-order valence-electron chi connectivity index (χ3n) is 4.56. The lowest BCUT2D eigenvalue weighted by atomic mass is 9.92. The summed E-state index contributed by atoms with van der Waals surface area (Å²) in [5.41, 5.74) is -0.557. The molecule has 9 heteroatoms. The van der Waals surface area contributed by atoms with Gasteiger partial charge in [-0.2, -0.15) is 0 Å². The molecule has 1 heterocycles. The van der Waals surface area contributed by atoms with Crippen LogP contribution in [0.2, 0.25) is 0 Å². The zero-order valence-electron chi connectivity index (χ0n) is 15.6. The summed E-state index contributed by atoms with van der Waals surface area (Å²) >= 11 is 0. The number of halogens is 1. The minimum absolute atomic E-state index is 0.0569. The molecule has 1 atom stereocenters. The molecule has 0 radical (unpaired) electrons. The van der Waals surface area contributed by atoms with Crippen LogP contribution in [0.15, 0.2) is 69.1 Å². The smallest absolute Gasteiger partial charge is 0.310 e. The van der Waals surface area contributed by atoms with Gasteiger partial charge in [-0.1, -0.05) is 48.5 Å². The summed E-state index contributed by atoms with van der Waals surface area (Å²) in [7, 11) is -4.20. The lowest BCUT2D eigenvalue weighted by Crippen LogP contribution is -2.36. The van der Waals surface area contributed by atoms with Crippen molar-refractivity contribution in [2.24, 2.45) is 0 Å². The van der Waals surface area contributed by atoms with E-state index in [4.69, 9.17) is 0 Å². The molecule has 3 N–H and O–H groups in total. The molecule has 29 heavy (non-hydrogen) atoms. The van der Waals surface area contributed by atoms with Crippen molar-refractivity contribution in [1.82, 2.24) is 14.7 Å². The van der Waals surface area contributed by atoms with E-state index in [1.807, 2.05) is 35.3 Å². The Morgan fingerprint density at radius 2 is 1.66 bits per heavy atom. The van der Waals surface area contributed by atoms with Crippen molar-refractivity contribution in [2.45, 2.75) is 24.2 Å². The number of hydrogen-bond donors (Lipinski definition) is 3. The van der Waals surface area contributed by atoms with Crippen LogP contribution in [-0.4, -0.2) is 24.9 Å². The van der Waals surface area contributed by atoms with Gasteiger partial charge >= 0.3 is 5.69 Å². The second-order valence-corrected chi connectivity index (χ2v) is 8.32. The van der Waals surface area contributed by atoms with E-state index in [0.29, 0.717) is 5.56 Å². The van der Waals surface area contributed by atoms with Gasteiger partial charge in [0.05, 0.1) is 0 Å². The lowest BCUT2D eigenvalue weighted by Gasteiger charge is -2.19. The Labute approximate surface area is 166 Å². The Morgan fingerprint density at radius 1 is 1.00 bits per heavy atom. The predicted octanol–water partition coefficient (Wildman–Crippen LogP) is 1.82. The van der Waals surface area contributed by atoms with Crippen molar-refractivity contribution in [1.29, 1.82) is 0 Å².